The molecule has 84 valence electrons. The van der Waals surface area contributed by atoms with Crippen molar-refractivity contribution in [3.05, 3.63) is 0 Å². The van der Waals surface area contributed by atoms with Crippen LogP contribution in [0.5, 0.6) is 0 Å². The summed E-state index contributed by atoms with van der Waals surface area (Å²) >= 11 is 0. The van der Waals surface area contributed by atoms with Gasteiger partial charge in [-0.25, -0.2) is 0 Å². The average Bonchev–Trinajstić information content (AvgIpc) is 2.18. The van der Waals surface area contributed by atoms with Crippen LogP contribution >= 0.6 is 0 Å². The lowest BCUT2D eigenvalue weighted by molar-refractivity contribution is 0.0391. The zero-order chi connectivity index (χ0) is 10.6. The monoisotopic (exact) mass is 202 g/mol. The quantitative estimate of drug-likeness (QED) is 0.637. The van der Waals surface area contributed by atoms with Crippen LogP contribution in [-0.2, 0) is 0 Å². The van der Waals surface area contributed by atoms with E-state index in [1.165, 1.54) is 12.8 Å². The summed E-state index contributed by atoms with van der Waals surface area (Å²) in [5.74, 6) is 0. The highest BCUT2D eigenvalue weighted by Gasteiger charge is 2.22. The molecule has 4 nitrogen and oxygen atoms in total. The molecule has 1 rings (SSSR count). The van der Waals surface area contributed by atoms with E-state index in [1.807, 2.05) is 0 Å². The second-order valence-corrected chi connectivity index (χ2v) is 4.36. The number of rotatable bonds is 4. The largest absolute Gasteiger partial charge is 0.394 e. The number of likely N-dealkylation sites (N-methyl/N-ethyl adjacent to an activating group) is 1. The van der Waals surface area contributed by atoms with Gasteiger partial charge in [0.1, 0.15) is 0 Å². The molecule has 2 unspecified atom stereocenters. The lowest BCUT2D eigenvalue weighted by atomic mass is 10.0. The molecule has 0 amide bonds. The van der Waals surface area contributed by atoms with Crippen LogP contribution in [0.15, 0.2) is 0 Å². The van der Waals surface area contributed by atoms with Gasteiger partial charge in [0.05, 0.1) is 12.7 Å². The van der Waals surface area contributed by atoms with E-state index in [4.69, 9.17) is 5.11 Å². The molecule has 0 radical (unpaired) electrons. The van der Waals surface area contributed by atoms with Crippen molar-refractivity contribution in [2.45, 2.75) is 25.0 Å². The van der Waals surface area contributed by atoms with Gasteiger partial charge in [0.25, 0.3) is 0 Å². The van der Waals surface area contributed by atoms with E-state index in [0.717, 1.165) is 13.1 Å². The highest BCUT2D eigenvalue weighted by molar-refractivity contribution is 4.79. The van der Waals surface area contributed by atoms with E-state index in [2.05, 4.69) is 23.9 Å². The van der Waals surface area contributed by atoms with E-state index in [0.29, 0.717) is 12.6 Å². The molecule has 1 heterocycles. The van der Waals surface area contributed by atoms with Gasteiger partial charge in [0.2, 0.25) is 0 Å². The maximum absolute atomic E-state index is 9.33. The second kappa shape index (κ2) is 5.66. The third-order valence-corrected chi connectivity index (χ3v) is 2.89. The van der Waals surface area contributed by atoms with Gasteiger partial charge in [-0.05, 0) is 33.5 Å². The molecule has 0 aromatic heterocycles. The van der Waals surface area contributed by atoms with Crippen molar-refractivity contribution in [3.8, 4) is 0 Å². The van der Waals surface area contributed by atoms with Crippen LogP contribution in [0.1, 0.15) is 12.8 Å². The highest BCUT2D eigenvalue weighted by atomic mass is 16.3. The minimum absolute atomic E-state index is 0.136. The summed E-state index contributed by atoms with van der Waals surface area (Å²) in [5, 5.41) is 18.1. The third kappa shape index (κ3) is 3.53. The molecule has 0 bridgehead atoms. The van der Waals surface area contributed by atoms with Gasteiger partial charge in [0.15, 0.2) is 0 Å². The standard InChI is InChI=1S/C10H22N2O2/c1-11(2)9-4-3-5-12(6-9)7-10(14)8-13/h9-10,13-14H,3-8H2,1-2H3. The lowest BCUT2D eigenvalue weighted by Gasteiger charge is -2.36. The summed E-state index contributed by atoms with van der Waals surface area (Å²) in [7, 11) is 4.19. The van der Waals surface area contributed by atoms with Crippen LogP contribution in [0.4, 0.5) is 0 Å². The Balaban J connectivity index is 2.32. The molecule has 1 saturated heterocycles. The van der Waals surface area contributed by atoms with Gasteiger partial charge in [-0.15, -0.1) is 0 Å². The van der Waals surface area contributed by atoms with Crippen molar-refractivity contribution in [2.75, 3.05) is 40.3 Å². The molecule has 4 heteroatoms. The fourth-order valence-electron chi connectivity index (χ4n) is 1.97. The van der Waals surface area contributed by atoms with E-state index in [9.17, 15) is 5.11 Å². The van der Waals surface area contributed by atoms with Crippen LogP contribution in [0, 0.1) is 0 Å². The van der Waals surface area contributed by atoms with Crippen molar-refractivity contribution < 1.29 is 10.2 Å². The molecular weight excluding hydrogens is 180 g/mol. The van der Waals surface area contributed by atoms with Crippen molar-refractivity contribution >= 4 is 0 Å². The van der Waals surface area contributed by atoms with E-state index >= 15 is 0 Å². The van der Waals surface area contributed by atoms with Crippen molar-refractivity contribution in [1.29, 1.82) is 0 Å². The van der Waals surface area contributed by atoms with Crippen LogP contribution in [0.25, 0.3) is 0 Å². The van der Waals surface area contributed by atoms with Gasteiger partial charge < -0.3 is 15.1 Å². The van der Waals surface area contributed by atoms with Crippen LogP contribution in [0.3, 0.4) is 0 Å². The van der Waals surface area contributed by atoms with Crippen molar-refractivity contribution in [2.24, 2.45) is 0 Å². The Bertz CT molecular complexity index is 164. The summed E-state index contributed by atoms with van der Waals surface area (Å²) in [5.41, 5.74) is 0. The second-order valence-electron chi connectivity index (χ2n) is 4.36. The fraction of sp³-hybridized carbons (Fsp3) is 1.00. The molecule has 1 fully saturated rings. The number of hydrogen-bond donors (Lipinski definition) is 2. The van der Waals surface area contributed by atoms with Crippen molar-refractivity contribution in [1.82, 2.24) is 9.80 Å². The van der Waals surface area contributed by atoms with E-state index in [-0.39, 0.29) is 6.61 Å². The number of hydrogen-bond acceptors (Lipinski definition) is 4. The predicted molar refractivity (Wildman–Crippen MR) is 56.2 cm³/mol. The number of likely N-dealkylation sites (tertiary alicyclic amines) is 1. The molecule has 0 aromatic carbocycles. The van der Waals surface area contributed by atoms with Gasteiger partial charge >= 0.3 is 0 Å². The van der Waals surface area contributed by atoms with Gasteiger partial charge in [-0.3, -0.25) is 4.90 Å². The smallest absolute Gasteiger partial charge is 0.0897 e. The molecule has 0 aliphatic carbocycles. The van der Waals surface area contributed by atoms with Crippen LogP contribution in [0.2, 0.25) is 0 Å². The summed E-state index contributed by atoms with van der Waals surface area (Å²) in [6.07, 6.45) is 1.83. The zero-order valence-electron chi connectivity index (χ0n) is 9.19. The Labute approximate surface area is 86.1 Å². The lowest BCUT2D eigenvalue weighted by Crippen LogP contribution is -2.47. The van der Waals surface area contributed by atoms with Gasteiger partial charge in [0, 0.05) is 19.1 Å². The molecule has 0 spiro atoms. The summed E-state index contributed by atoms with van der Waals surface area (Å²) in [6.45, 7) is 2.51. The summed E-state index contributed by atoms with van der Waals surface area (Å²) < 4.78 is 0. The molecule has 2 atom stereocenters. The Morgan fingerprint density at radius 2 is 2.21 bits per heavy atom. The first-order valence-corrected chi connectivity index (χ1v) is 5.31. The number of nitrogens with zero attached hydrogens (tertiary/aromatic N) is 2. The summed E-state index contributed by atoms with van der Waals surface area (Å²) in [6, 6.07) is 0.592. The molecule has 0 saturated carbocycles. The number of aliphatic hydroxyl groups is 2. The Hall–Kier alpha value is -0.160. The molecule has 0 aromatic rings. The van der Waals surface area contributed by atoms with Crippen LogP contribution in [-0.4, -0.2) is 72.5 Å². The molecular formula is C10H22N2O2. The molecule has 2 N–H and O–H groups in total. The number of piperidine rings is 1. The molecule has 14 heavy (non-hydrogen) atoms. The first-order chi connectivity index (χ1) is 6.63. The molecule has 1 aliphatic heterocycles. The van der Waals surface area contributed by atoms with Crippen molar-refractivity contribution in [3.63, 3.8) is 0 Å². The summed E-state index contributed by atoms with van der Waals surface area (Å²) in [4.78, 5) is 4.46. The third-order valence-electron chi connectivity index (χ3n) is 2.89. The normalized spacial score (nSPS) is 26.8. The maximum Gasteiger partial charge on any atom is 0.0897 e. The Kier molecular flexibility index (Phi) is 4.81. The predicted octanol–water partition coefficient (Wildman–Crippen LogP) is -0.634. The average molecular weight is 202 g/mol. The minimum atomic E-state index is -0.587. The first-order valence-electron chi connectivity index (χ1n) is 5.31. The zero-order valence-corrected chi connectivity index (χ0v) is 9.19. The molecule has 1 aliphatic rings. The minimum Gasteiger partial charge on any atom is -0.394 e. The fourth-order valence-corrected chi connectivity index (χ4v) is 1.97. The highest BCUT2D eigenvalue weighted by Crippen LogP contribution is 2.13. The Morgan fingerprint density at radius 3 is 2.79 bits per heavy atom. The van der Waals surface area contributed by atoms with Gasteiger partial charge in [-0.2, -0.15) is 0 Å². The SMILES string of the molecule is CN(C)C1CCCN(CC(O)CO)C1. The topological polar surface area (TPSA) is 46.9 Å². The van der Waals surface area contributed by atoms with E-state index in [1.54, 1.807) is 0 Å². The first kappa shape index (κ1) is 11.9. The van der Waals surface area contributed by atoms with Gasteiger partial charge in [-0.1, -0.05) is 0 Å². The Morgan fingerprint density at radius 1 is 1.50 bits per heavy atom. The van der Waals surface area contributed by atoms with Crippen LogP contribution < -0.4 is 0 Å². The number of β-amino-alcohol motifs (C(OH)–C–C–N with tert-alkyl or cyclic N) is 1. The number of aliphatic hydroxyl groups excluding tert-OH is 2. The maximum atomic E-state index is 9.33. The van der Waals surface area contributed by atoms with E-state index < -0.39 is 6.10 Å².